The molecule has 0 radical (unpaired) electrons. The highest BCUT2D eigenvalue weighted by atomic mass is 16.5. The second kappa shape index (κ2) is 6.64. The highest BCUT2D eigenvalue weighted by Gasteiger charge is 2.28. The number of amides is 1. The predicted octanol–water partition coefficient (Wildman–Crippen LogP) is 1.46. The van der Waals surface area contributed by atoms with Crippen molar-refractivity contribution in [1.82, 2.24) is 15.3 Å². The Morgan fingerprint density at radius 1 is 1.27 bits per heavy atom. The number of benzene rings is 1. The molecular formula is C16H18N4O2. The van der Waals surface area contributed by atoms with Crippen molar-refractivity contribution in [2.45, 2.75) is 19.1 Å². The largest absolute Gasteiger partial charge is 0.375 e. The Labute approximate surface area is 128 Å². The SMILES string of the molecule is C[C@H]1OCCN[C@@H]1C(=O)Nc1cnc(-c2ccccc2)nc1. The molecule has 0 saturated carbocycles. The van der Waals surface area contributed by atoms with Gasteiger partial charge in [0.2, 0.25) is 5.91 Å². The fourth-order valence-electron chi connectivity index (χ4n) is 2.38. The van der Waals surface area contributed by atoms with E-state index < -0.39 is 0 Å². The third-order valence-electron chi connectivity index (χ3n) is 3.55. The number of anilines is 1. The van der Waals surface area contributed by atoms with Crippen molar-refractivity contribution in [3.8, 4) is 11.4 Å². The van der Waals surface area contributed by atoms with E-state index in [0.717, 1.165) is 5.56 Å². The normalized spacial score (nSPS) is 21.3. The van der Waals surface area contributed by atoms with E-state index in [4.69, 9.17) is 4.74 Å². The van der Waals surface area contributed by atoms with Crippen LogP contribution in [0.1, 0.15) is 6.92 Å². The summed E-state index contributed by atoms with van der Waals surface area (Å²) >= 11 is 0. The Balaban J connectivity index is 1.67. The van der Waals surface area contributed by atoms with Gasteiger partial charge in [0.05, 0.1) is 30.8 Å². The van der Waals surface area contributed by atoms with Crippen LogP contribution in [-0.4, -0.2) is 41.2 Å². The van der Waals surface area contributed by atoms with Crippen molar-refractivity contribution in [2.24, 2.45) is 0 Å². The molecule has 0 aliphatic carbocycles. The molecule has 2 atom stereocenters. The summed E-state index contributed by atoms with van der Waals surface area (Å²) in [4.78, 5) is 20.8. The number of carbonyl (C=O) groups is 1. The van der Waals surface area contributed by atoms with Crippen LogP contribution in [0.3, 0.4) is 0 Å². The average molecular weight is 298 g/mol. The van der Waals surface area contributed by atoms with Gasteiger partial charge in [-0.2, -0.15) is 0 Å². The molecule has 0 spiro atoms. The molecule has 1 aromatic carbocycles. The zero-order valence-electron chi connectivity index (χ0n) is 12.3. The van der Waals surface area contributed by atoms with E-state index in [2.05, 4.69) is 20.6 Å². The fourth-order valence-corrected chi connectivity index (χ4v) is 2.38. The van der Waals surface area contributed by atoms with Gasteiger partial charge in [0.25, 0.3) is 0 Å². The van der Waals surface area contributed by atoms with Crippen molar-refractivity contribution in [3.63, 3.8) is 0 Å². The summed E-state index contributed by atoms with van der Waals surface area (Å²) in [5, 5.41) is 5.96. The van der Waals surface area contributed by atoms with Crippen molar-refractivity contribution in [2.75, 3.05) is 18.5 Å². The molecule has 2 N–H and O–H groups in total. The van der Waals surface area contributed by atoms with Crippen LogP contribution in [0.2, 0.25) is 0 Å². The minimum Gasteiger partial charge on any atom is -0.375 e. The third-order valence-corrected chi connectivity index (χ3v) is 3.55. The molecule has 2 heterocycles. The van der Waals surface area contributed by atoms with Gasteiger partial charge in [0.1, 0.15) is 6.04 Å². The molecule has 1 aliphatic heterocycles. The van der Waals surface area contributed by atoms with E-state index in [1.54, 1.807) is 12.4 Å². The Morgan fingerprint density at radius 2 is 2.00 bits per heavy atom. The van der Waals surface area contributed by atoms with Gasteiger partial charge in [-0.05, 0) is 6.92 Å². The Kier molecular flexibility index (Phi) is 4.41. The molecule has 1 fully saturated rings. The molecule has 2 aromatic rings. The van der Waals surface area contributed by atoms with Crippen molar-refractivity contribution >= 4 is 11.6 Å². The van der Waals surface area contributed by atoms with Crippen LogP contribution < -0.4 is 10.6 Å². The van der Waals surface area contributed by atoms with Crippen molar-refractivity contribution in [3.05, 3.63) is 42.7 Å². The van der Waals surface area contributed by atoms with Gasteiger partial charge in [-0.15, -0.1) is 0 Å². The second-order valence-electron chi connectivity index (χ2n) is 5.16. The minimum atomic E-state index is -0.359. The number of nitrogens with one attached hydrogen (secondary N) is 2. The first-order valence-electron chi connectivity index (χ1n) is 7.27. The Hall–Kier alpha value is -2.31. The second-order valence-corrected chi connectivity index (χ2v) is 5.16. The summed E-state index contributed by atoms with van der Waals surface area (Å²) in [6.45, 7) is 3.18. The number of morpholine rings is 1. The van der Waals surface area contributed by atoms with Gasteiger partial charge >= 0.3 is 0 Å². The van der Waals surface area contributed by atoms with Crippen molar-refractivity contribution < 1.29 is 9.53 Å². The number of hydrogen-bond donors (Lipinski definition) is 2. The maximum atomic E-state index is 12.2. The quantitative estimate of drug-likeness (QED) is 0.897. The zero-order chi connectivity index (χ0) is 15.4. The molecule has 1 saturated heterocycles. The standard InChI is InChI=1S/C16H18N4O2/c1-11-14(17-7-8-22-11)16(21)20-13-9-18-15(19-10-13)12-5-3-2-4-6-12/h2-6,9-11,14,17H,7-8H2,1H3,(H,20,21)/t11-,14+/m1/s1. The van der Waals surface area contributed by atoms with E-state index in [1.807, 2.05) is 37.3 Å². The highest BCUT2D eigenvalue weighted by molar-refractivity contribution is 5.95. The number of nitrogens with zero attached hydrogens (tertiary/aromatic N) is 2. The first kappa shape index (κ1) is 14.6. The smallest absolute Gasteiger partial charge is 0.244 e. The molecule has 0 bridgehead atoms. The van der Waals surface area contributed by atoms with Crippen LogP contribution >= 0.6 is 0 Å². The van der Waals surface area contributed by atoms with Gasteiger partial charge in [0.15, 0.2) is 5.82 Å². The number of aromatic nitrogens is 2. The molecule has 6 nitrogen and oxygen atoms in total. The molecule has 0 unspecified atom stereocenters. The van der Waals surface area contributed by atoms with E-state index in [0.29, 0.717) is 24.7 Å². The minimum absolute atomic E-state index is 0.136. The van der Waals surface area contributed by atoms with E-state index in [9.17, 15) is 4.79 Å². The maximum Gasteiger partial charge on any atom is 0.244 e. The van der Waals surface area contributed by atoms with Crippen LogP contribution in [0.4, 0.5) is 5.69 Å². The van der Waals surface area contributed by atoms with E-state index in [1.165, 1.54) is 0 Å². The van der Waals surface area contributed by atoms with Crippen LogP contribution in [-0.2, 0) is 9.53 Å². The molecule has 3 rings (SSSR count). The lowest BCUT2D eigenvalue weighted by atomic mass is 10.1. The average Bonchev–Trinajstić information content (AvgIpc) is 2.57. The summed E-state index contributed by atoms with van der Waals surface area (Å²) in [5.74, 6) is 0.495. The molecule has 1 aliphatic rings. The van der Waals surface area contributed by atoms with Crippen LogP contribution in [0.15, 0.2) is 42.7 Å². The third kappa shape index (κ3) is 3.29. The zero-order valence-corrected chi connectivity index (χ0v) is 12.3. The molecular weight excluding hydrogens is 280 g/mol. The van der Waals surface area contributed by atoms with Crippen LogP contribution in [0.5, 0.6) is 0 Å². The van der Waals surface area contributed by atoms with E-state index >= 15 is 0 Å². The lowest BCUT2D eigenvalue weighted by molar-refractivity contribution is -0.123. The lowest BCUT2D eigenvalue weighted by Crippen LogP contribution is -2.53. The lowest BCUT2D eigenvalue weighted by Gasteiger charge is -2.29. The summed E-state index contributed by atoms with van der Waals surface area (Å²) in [6.07, 6.45) is 3.07. The number of ether oxygens (including phenoxy) is 1. The Morgan fingerprint density at radius 3 is 2.68 bits per heavy atom. The van der Waals surface area contributed by atoms with Gasteiger partial charge in [-0.3, -0.25) is 4.79 Å². The molecule has 22 heavy (non-hydrogen) atoms. The number of hydrogen-bond acceptors (Lipinski definition) is 5. The molecule has 114 valence electrons. The predicted molar refractivity (Wildman–Crippen MR) is 83.3 cm³/mol. The van der Waals surface area contributed by atoms with Gasteiger partial charge in [-0.25, -0.2) is 9.97 Å². The monoisotopic (exact) mass is 298 g/mol. The summed E-state index contributed by atoms with van der Waals surface area (Å²) in [6, 6.07) is 9.34. The fraction of sp³-hybridized carbons (Fsp3) is 0.312. The van der Waals surface area contributed by atoms with Gasteiger partial charge in [-0.1, -0.05) is 30.3 Å². The topological polar surface area (TPSA) is 76.1 Å². The van der Waals surface area contributed by atoms with Crippen molar-refractivity contribution in [1.29, 1.82) is 0 Å². The Bertz CT molecular complexity index is 630. The van der Waals surface area contributed by atoms with Gasteiger partial charge in [0, 0.05) is 12.1 Å². The first-order chi connectivity index (χ1) is 10.7. The number of rotatable bonds is 3. The summed E-state index contributed by atoms with van der Waals surface area (Å²) < 4.78 is 5.47. The highest BCUT2D eigenvalue weighted by Crippen LogP contribution is 2.15. The molecule has 1 aromatic heterocycles. The van der Waals surface area contributed by atoms with Crippen LogP contribution in [0.25, 0.3) is 11.4 Å². The molecule has 6 heteroatoms. The summed E-state index contributed by atoms with van der Waals surface area (Å²) in [5.41, 5.74) is 1.51. The van der Waals surface area contributed by atoms with Gasteiger partial charge < -0.3 is 15.4 Å². The number of carbonyl (C=O) groups excluding carboxylic acids is 1. The van der Waals surface area contributed by atoms with E-state index in [-0.39, 0.29) is 18.1 Å². The maximum absolute atomic E-state index is 12.2. The molecule has 1 amide bonds. The summed E-state index contributed by atoms with van der Waals surface area (Å²) in [7, 11) is 0. The van der Waals surface area contributed by atoms with Crippen LogP contribution in [0, 0.1) is 0 Å². The first-order valence-corrected chi connectivity index (χ1v) is 7.27.